The van der Waals surface area contributed by atoms with Crippen molar-refractivity contribution in [3.8, 4) is 0 Å². The Morgan fingerprint density at radius 3 is 2.44 bits per heavy atom. The van der Waals surface area contributed by atoms with Crippen molar-refractivity contribution in [2.75, 3.05) is 20.6 Å². The highest BCUT2D eigenvalue weighted by Crippen LogP contribution is 2.37. The standard InChI is InChI=1S/C15H23BrN2/c1-11(10-18(2)3)17-15-8-13(9-15)12-4-6-14(16)7-5-12/h4-7,11,13,15,17H,8-10H2,1-3H3. The summed E-state index contributed by atoms with van der Waals surface area (Å²) in [5, 5.41) is 3.71. The minimum atomic E-state index is 0.580. The topological polar surface area (TPSA) is 15.3 Å². The van der Waals surface area contributed by atoms with E-state index in [2.05, 4.69) is 71.4 Å². The summed E-state index contributed by atoms with van der Waals surface area (Å²) in [4.78, 5) is 2.24. The second kappa shape index (κ2) is 6.18. The molecule has 2 nitrogen and oxygen atoms in total. The molecule has 100 valence electrons. The first-order chi connectivity index (χ1) is 8.54. The van der Waals surface area contributed by atoms with E-state index in [4.69, 9.17) is 0 Å². The molecular formula is C15H23BrN2. The van der Waals surface area contributed by atoms with Gasteiger partial charge in [-0.3, -0.25) is 0 Å². The van der Waals surface area contributed by atoms with E-state index < -0.39 is 0 Å². The largest absolute Gasteiger partial charge is 0.310 e. The Bertz CT molecular complexity index is 369. The molecule has 0 saturated heterocycles. The third kappa shape index (κ3) is 3.81. The van der Waals surface area contributed by atoms with Gasteiger partial charge in [0.25, 0.3) is 0 Å². The molecule has 18 heavy (non-hydrogen) atoms. The Balaban J connectivity index is 1.75. The van der Waals surface area contributed by atoms with Crippen molar-refractivity contribution in [1.82, 2.24) is 10.2 Å². The molecule has 1 aromatic carbocycles. The van der Waals surface area contributed by atoms with Crippen LogP contribution < -0.4 is 5.32 Å². The van der Waals surface area contributed by atoms with Gasteiger partial charge < -0.3 is 10.2 Å². The Kier molecular flexibility index (Phi) is 4.82. The Morgan fingerprint density at radius 2 is 1.89 bits per heavy atom. The fraction of sp³-hybridized carbons (Fsp3) is 0.600. The van der Waals surface area contributed by atoms with Crippen molar-refractivity contribution in [1.29, 1.82) is 0 Å². The summed E-state index contributed by atoms with van der Waals surface area (Å²) in [6.07, 6.45) is 2.55. The number of nitrogens with one attached hydrogen (secondary N) is 1. The van der Waals surface area contributed by atoms with Gasteiger partial charge in [0.15, 0.2) is 0 Å². The molecule has 1 fully saturated rings. The maximum Gasteiger partial charge on any atom is 0.0175 e. The summed E-state index contributed by atoms with van der Waals surface area (Å²) in [6, 6.07) is 10.1. The van der Waals surface area contributed by atoms with Gasteiger partial charge in [-0.25, -0.2) is 0 Å². The third-order valence-corrected chi connectivity index (χ3v) is 4.17. The molecule has 1 saturated carbocycles. The fourth-order valence-corrected chi connectivity index (χ4v) is 3.03. The molecule has 0 amide bonds. The normalized spacial score (nSPS) is 24.9. The summed E-state index contributed by atoms with van der Waals surface area (Å²) < 4.78 is 1.17. The number of likely N-dealkylation sites (N-methyl/N-ethyl adjacent to an activating group) is 1. The highest BCUT2D eigenvalue weighted by atomic mass is 79.9. The molecule has 1 aliphatic rings. The van der Waals surface area contributed by atoms with Gasteiger partial charge in [0.1, 0.15) is 0 Å². The predicted molar refractivity (Wildman–Crippen MR) is 81.1 cm³/mol. The van der Waals surface area contributed by atoms with Gasteiger partial charge in [0, 0.05) is 23.1 Å². The first-order valence-electron chi connectivity index (χ1n) is 6.71. The summed E-state index contributed by atoms with van der Waals surface area (Å²) >= 11 is 3.48. The lowest BCUT2D eigenvalue weighted by atomic mass is 9.75. The van der Waals surface area contributed by atoms with E-state index in [0.717, 1.165) is 12.5 Å². The maximum atomic E-state index is 3.71. The Labute approximate surface area is 119 Å². The van der Waals surface area contributed by atoms with Crippen molar-refractivity contribution in [3.63, 3.8) is 0 Å². The molecule has 0 heterocycles. The van der Waals surface area contributed by atoms with E-state index >= 15 is 0 Å². The molecule has 1 unspecified atom stereocenters. The van der Waals surface area contributed by atoms with Crippen molar-refractivity contribution >= 4 is 15.9 Å². The number of nitrogens with zero attached hydrogens (tertiary/aromatic N) is 1. The second-order valence-electron chi connectivity index (χ2n) is 5.75. The van der Waals surface area contributed by atoms with Gasteiger partial charge in [-0.2, -0.15) is 0 Å². The summed E-state index contributed by atoms with van der Waals surface area (Å²) in [5.41, 5.74) is 1.48. The number of halogens is 1. The Hall–Kier alpha value is -0.380. The average molecular weight is 311 g/mol. The van der Waals surface area contributed by atoms with Gasteiger partial charge in [0.05, 0.1) is 0 Å². The first-order valence-corrected chi connectivity index (χ1v) is 7.50. The molecule has 0 spiro atoms. The van der Waals surface area contributed by atoms with Crippen molar-refractivity contribution < 1.29 is 0 Å². The third-order valence-electron chi connectivity index (χ3n) is 3.64. The molecule has 0 aliphatic heterocycles. The zero-order chi connectivity index (χ0) is 13.1. The lowest BCUT2D eigenvalue weighted by molar-refractivity contribution is 0.245. The predicted octanol–water partition coefficient (Wildman–Crippen LogP) is 3.23. The molecule has 0 radical (unpaired) electrons. The number of hydrogen-bond acceptors (Lipinski definition) is 2. The maximum absolute atomic E-state index is 3.71. The van der Waals surface area contributed by atoms with Crippen molar-refractivity contribution in [2.24, 2.45) is 0 Å². The zero-order valence-corrected chi connectivity index (χ0v) is 13.1. The van der Waals surface area contributed by atoms with Crippen molar-refractivity contribution in [3.05, 3.63) is 34.3 Å². The highest BCUT2D eigenvalue weighted by Gasteiger charge is 2.30. The van der Waals surface area contributed by atoms with Crippen LogP contribution in [0.1, 0.15) is 31.2 Å². The zero-order valence-electron chi connectivity index (χ0n) is 11.5. The molecule has 1 N–H and O–H groups in total. The van der Waals surface area contributed by atoms with Gasteiger partial charge in [-0.05, 0) is 57.5 Å². The molecular weight excluding hydrogens is 288 g/mol. The molecule has 3 heteroatoms. The van der Waals surface area contributed by atoms with Crippen LogP contribution >= 0.6 is 15.9 Å². The van der Waals surface area contributed by atoms with Crippen LogP contribution in [0.15, 0.2) is 28.7 Å². The lowest BCUT2D eigenvalue weighted by Gasteiger charge is -2.38. The highest BCUT2D eigenvalue weighted by molar-refractivity contribution is 9.10. The smallest absolute Gasteiger partial charge is 0.0175 e. The van der Waals surface area contributed by atoms with Crippen LogP contribution in [0.2, 0.25) is 0 Å². The van der Waals surface area contributed by atoms with Crippen molar-refractivity contribution in [2.45, 2.75) is 37.8 Å². The van der Waals surface area contributed by atoms with Gasteiger partial charge >= 0.3 is 0 Å². The summed E-state index contributed by atoms with van der Waals surface area (Å²) in [7, 11) is 4.26. The van der Waals surface area contributed by atoms with Gasteiger partial charge in [-0.15, -0.1) is 0 Å². The van der Waals surface area contributed by atoms with E-state index in [1.54, 1.807) is 0 Å². The van der Waals surface area contributed by atoms with Crippen LogP contribution in [0.3, 0.4) is 0 Å². The van der Waals surface area contributed by atoms with Gasteiger partial charge in [0.2, 0.25) is 0 Å². The minimum absolute atomic E-state index is 0.580. The van der Waals surface area contributed by atoms with E-state index in [0.29, 0.717) is 12.1 Å². The SMILES string of the molecule is CC(CN(C)C)NC1CC(c2ccc(Br)cc2)C1. The van der Waals surface area contributed by atoms with Gasteiger partial charge in [-0.1, -0.05) is 28.1 Å². The number of rotatable bonds is 5. The van der Waals surface area contributed by atoms with Crippen LogP contribution in [0.5, 0.6) is 0 Å². The van der Waals surface area contributed by atoms with E-state index in [-0.39, 0.29) is 0 Å². The summed E-state index contributed by atoms with van der Waals surface area (Å²) in [5.74, 6) is 0.752. The number of hydrogen-bond donors (Lipinski definition) is 1. The van der Waals surface area contributed by atoms with E-state index in [1.807, 2.05) is 0 Å². The lowest BCUT2D eigenvalue weighted by Crippen LogP contribution is -2.47. The fourth-order valence-electron chi connectivity index (χ4n) is 2.76. The van der Waals surface area contributed by atoms with Crippen LogP contribution in [0.25, 0.3) is 0 Å². The van der Waals surface area contributed by atoms with E-state index in [1.165, 1.54) is 22.9 Å². The number of benzene rings is 1. The monoisotopic (exact) mass is 310 g/mol. The molecule has 1 atom stereocenters. The second-order valence-corrected chi connectivity index (χ2v) is 6.66. The minimum Gasteiger partial charge on any atom is -0.310 e. The summed E-state index contributed by atoms with van der Waals surface area (Å²) in [6.45, 7) is 3.38. The quantitative estimate of drug-likeness (QED) is 0.898. The van der Waals surface area contributed by atoms with Crippen LogP contribution in [0.4, 0.5) is 0 Å². The molecule has 1 aromatic rings. The molecule has 0 aromatic heterocycles. The van der Waals surface area contributed by atoms with Crippen LogP contribution in [-0.2, 0) is 0 Å². The average Bonchev–Trinajstić information content (AvgIpc) is 2.23. The Morgan fingerprint density at radius 1 is 1.28 bits per heavy atom. The van der Waals surface area contributed by atoms with Crippen LogP contribution in [-0.4, -0.2) is 37.6 Å². The molecule has 1 aliphatic carbocycles. The van der Waals surface area contributed by atoms with E-state index in [9.17, 15) is 0 Å². The first kappa shape index (κ1) is 14.0. The molecule has 2 rings (SSSR count). The molecule has 0 bridgehead atoms. The van der Waals surface area contributed by atoms with Crippen LogP contribution in [0, 0.1) is 0 Å².